The molecule has 2 heterocycles. The van der Waals surface area contributed by atoms with Crippen LogP contribution in [0, 0.1) is 0 Å². The molecule has 1 aliphatic carbocycles. The topological polar surface area (TPSA) is 78.3 Å². The predicted molar refractivity (Wildman–Crippen MR) is 117 cm³/mol. The molecular weight excluding hydrogens is 400 g/mol. The van der Waals surface area contributed by atoms with Gasteiger partial charge in [0.2, 0.25) is 11.1 Å². The Morgan fingerprint density at radius 1 is 1.30 bits per heavy atom. The molecular formula is C22H28N4O3S. The van der Waals surface area contributed by atoms with Crippen molar-refractivity contribution in [1.82, 2.24) is 14.8 Å². The second-order valence-electron chi connectivity index (χ2n) is 7.78. The lowest BCUT2D eigenvalue weighted by Crippen LogP contribution is -2.31. The maximum absolute atomic E-state index is 12.9. The third-order valence-corrected chi connectivity index (χ3v) is 6.19. The fraction of sp³-hybridized carbons (Fsp3) is 0.500. The van der Waals surface area contributed by atoms with Crippen molar-refractivity contribution in [3.63, 3.8) is 0 Å². The molecule has 1 unspecified atom stereocenters. The molecule has 1 atom stereocenters. The summed E-state index contributed by atoms with van der Waals surface area (Å²) < 4.78 is 13.3. The van der Waals surface area contributed by atoms with E-state index in [9.17, 15) is 4.79 Å². The summed E-state index contributed by atoms with van der Waals surface area (Å²) in [6.45, 7) is 6.10. The summed E-state index contributed by atoms with van der Waals surface area (Å²) in [7, 11) is 1.63. The Balaban J connectivity index is 1.80. The summed E-state index contributed by atoms with van der Waals surface area (Å²) in [5.41, 5.74) is 2.68. The molecule has 1 N–H and O–H groups in total. The van der Waals surface area contributed by atoms with Crippen LogP contribution in [-0.2, 0) is 4.79 Å². The van der Waals surface area contributed by atoms with E-state index in [1.165, 1.54) is 0 Å². The maximum Gasteiger partial charge on any atom is 0.227 e. The van der Waals surface area contributed by atoms with Crippen molar-refractivity contribution in [2.75, 3.05) is 18.2 Å². The van der Waals surface area contributed by atoms with Crippen LogP contribution < -0.4 is 14.8 Å². The van der Waals surface area contributed by atoms with Crippen molar-refractivity contribution in [1.29, 1.82) is 0 Å². The number of allylic oxidation sites excluding steroid dienone is 2. The quantitative estimate of drug-likeness (QED) is 0.646. The van der Waals surface area contributed by atoms with Crippen LogP contribution in [0.15, 0.2) is 34.6 Å². The lowest BCUT2D eigenvalue weighted by molar-refractivity contribution is -0.116. The first kappa shape index (κ1) is 20.8. The van der Waals surface area contributed by atoms with Crippen LogP contribution in [0.3, 0.4) is 0 Å². The van der Waals surface area contributed by atoms with E-state index >= 15 is 0 Å². The monoisotopic (exact) mass is 428 g/mol. The fourth-order valence-corrected chi connectivity index (χ4v) is 4.59. The van der Waals surface area contributed by atoms with E-state index < -0.39 is 0 Å². The van der Waals surface area contributed by atoms with Gasteiger partial charge in [0.15, 0.2) is 17.3 Å². The number of carbonyl (C=O) groups is 1. The van der Waals surface area contributed by atoms with Crippen LogP contribution in [0.25, 0.3) is 0 Å². The normalized spacial score (nSPS) is 18.2. The summed E-state index contributed by atoms with van der Waals surface area (Å²) in [6, 6.07) is 5.53. The van der Waals surface area contributed by atoms with Crippen molar-refractivity contribution in [3.8, 4) is 11.5 Å². The molecule has 1 aromatic carbocycles. The number of aromatic nitrogens is 3. The minimum absolute atomic E-state index is 0.0398. The van der Waals surface area contributed by atoms with Gasteiger partial charge in [0.05, 0.1) is 13.2 Å². The number of nitrogens with one attached hydrogen (secondary N) is 1. The summed E-state index contributed by atoms with van der Waals surface area (Å²) in [5, 5.41) is 8.84. The highest BCUT2D eigenvalue weighted by Crippen LogP contribution is 2.42. The number of ketones is 1. The second kappa shape index (κ2) is 8.71. The molecule has 0 radical (unpaired) electrons. The number of thioether (sulfide) groups is 1. The lowest BCUT2D eigenvalue weighted by atomic mass is 9.85. The SMILES string of the molecule is CCCSc1nc2n(n1)C(c1ccc(OC(C)C)c(OC)c1)C1=C(CCCC1=O)N2. The van der Waals surface area contributed by atoms with E-state index in [1.807, 2.05) is 36.7 Å². The number of ether oxygens (including phenoxy) is 2. The van der Waals surface area contributed by atoms with Gasteiger partial charge in [0.1, 0.15) is 6.04 Å². The highest BCUT2D eigenvalue weighted by atomic mass is 32.2. The molecule has 30 heavy (non-hydrogen) atoms. The average Bonchev–Trinajstić information content (AvgIpc) is 3.13. The Hall–Kier alpha value is -2.48. The Labute approximate surface area is 181 Å². The number of methoxy groups -OCH3 is 1. The van der Waals surface area contributed by atoms with Gasteiger partial charge in [0.25, 0.3) is 0 Å². The maximum atomic E-state index is 12.9. The molecule has 0 fully saturated rings. The van der Waals surface area contributed by atoms with Crippen LogP contribution >= 0.6 is 11.8 Å². The predicted octanol–water partition coefficient (Wildman–Crippen LogP) is 4.60. The number of carbonyl (C=O) groups excluding carboxylic acids is 1. The zero-order chi connectivity index (χ0) is 21.3. The van der Waals surface area contributed by atoms with Crippen molar-refractivity contribution in [3.05, 3.63) is 35.0 Å². The van der Waals surface area contributed by atoms with Gasteiger partial charge in [-0.2, -0.15) is 4.98 Å². The average molecular weight is 429 g/mol. The van der Waals surface area contributed by atoms with Gasteiger partial charge < -0.3 is 14.8 Å². The van der Waals surface area contributed by atoms with Crippen LogP contribution in [0.2, 0.25) is 0 Å². The Morgan fingerprint density at radius 2 is 2.13 bits per heavy atom. The van der Waals surface area contributed by atoms with Gasteiger partial charge in [0, 0.05) is 23.4 Å². The smallest absolute Gasteiger partial charge is 0.227 e. The van der Waals surface area contributed by atoms with Crippen molar-refractivity contribution in [2.24, 2.45) is 0 Å². The summed E-state index contributed by atoms with van der Waals surface area (Å²) in [5.74, 6) is 3.14. The summed E-state index contributed by atoms with van der Waals surface area (Å²) >= 11 is 1.63. The highest BCUT2D eigenvalue weighted by molar-refractivity contribution is 7.99. The zero-order valence-corrected chi connectivity index (χ0v) is 18.7. The van der Waals surface area contributed by atoms with Gasteiger partial charge >= 0.3 is 0 Å². The Morgan fingerprint density at radius 3 is 2.87 bits per heavy atom. The van der Waals surface area contributed by atoms with Crippen molar-refractivity contribution >= 4 is 23.5 Å². The molecule has 1 aliphatic heterocycles. The van der Waals surface area contributed by atoms with E-state index in [4.69, 9.17) is 14.6 Å². The minimum atomic E-state index is -0.325. The Kier molecular flexibility index (Phi) is 6.04. The van der Waals surface area contributed by atoms with E-state index in [1.54, 1.807) is 18.9 Å². The number of rotatable bonds is 7. The van der Waals surface area contributed by atoms with Crippen molar-refractivity contribution in [2.45, 2.75) is 63.8 Å². The first-order valence-corrected chi connectivity index (χ1v) is 11.5. The molecule has 2 aliphatic rings. The summed E-state index contributed by atoms with van der Waals surface area (Å²) in [4.78, 5) is 17.6. The van der Waals surface area contributed by atoms with Gasteiger partial charge in [-0.05, 0) is 50.8 Å². The third-order valence-electron chi connectivity index (χ3n) is 5.15. The number of Topliss-reactive ketones (excluding diaryl/α,β-unsaturated/α-hetero) is 1. The molecule has 0 spiro atoms. The first-order valence-electron chi connectivity index (χ1n) is 10.5. The number of hydrogen-bond donors (Lipinski definition) is 1. The van der Waals surface area contributed by atoms with Crippen LogP contribution in [0.5, 0.6) is 11.5 Å². The number of benzene rings is 1. The molecule has 8 heteroatoms. The van der Waals surface area contributed by atoms with Gasteiger partial charge in [-0.3, -0.25) is 4.79 Å². The number of hydrogen-bond acceptors (Lipinski definition) is 7. The van der Waals surface area contributed by atoms with Crippen LogP contribution in [0.4, 0.5) is 5.95 Å². The van der Waals surface area contributed by atoms with Crippen LogP contribution in [-0.4, -0.2) is 39.5 Å². The minimum Gasteiger partial charge on any atom is -0.493 e. The van der Waals surface area contributed by atoms with Crippen LogP contribution in [0.1, 0.15) is 58.1 Å². The number of anilines is 1. The molecule has 0 saturated carbocycles. The molecule has 1 aromatic heterocycles. The molecule has 2 aromatic rings. The lowest BCUT2D eigenvalue weighted by Gasteiger charge is -2.32. The van der Waals surface area contributed by atoms with E-state index in [-0.39, 0.29) is 17.9 Å². The van der Waals surface area contributed by atoms with E-state index in [2.05, 4.69) is 17.2 Å². The van der Waals surface area contributed by atoms with Crippen molar-refractivity contribution < 1.29 is 14.3 Å². The second-order valence-corrected chi connectivity index (χ2v) is 8.85. The molecule has 7 nitrogen and oxygen atoms in total. The third kappa shape index (κ3) is 3.93. The molecule has 160 valence electrons. The van der Waals surface area contributed by atoms with E-state index in [0.717, 1.165) is 47.0 Å². The zero-order valence-electron chi connectivity index (χ0n) is 17.9. The number of fused-ring (bicyclic) bond motifs is 1. The van der Waals surface area contributed by atoms with Gasteiger partial charge in [-0.1, -0.05) is 24.8 Å². The standard InChI is InChI=1S/C22H28N4O3S/c1-5-11-30-22-24-21-23-15-7-6-8-16(27)19(15)20(26(21)25-22)14-9-10-17(29-13(2)3)18(12-14)28-4/h9-10,12-13,20H,5-8,11H2,1-4H3,(H,23,24,25). The van der Waals surface area contributed by atoms with Gasteiger partial charge in [-0.25, -0.2) is 4.68 Å². The fourth-order valence-electron chi connectivity index (χ4n) is 3.90. The highest BCUT2D eigenvalue weighted by Gasteiger charge is 2.37. The Bertz CT molecular complexity index is 983. The molecule has 0 saturated heterocycles. The number of nitrogens with zero attached hydrogens (tertiary/aromatic N) is 3. The molecule has 4 rings (SSSR count). The van der Waals surface area contributed by atoms with Gasteiger partial charge in [-0.15, -0.1) is 5.10 Å². The summed E-state index contributed by atoms with van der Waals surface area (Å²) in [6.07, 6.45) is 3.34. The molecule has 0 amide bonds. The molecule has 0 bridgehead atoms. The largest absolute Gasteiger partial charge is 0.493 e. The first-order chi connectivity index (χ1) is 14.5. The van der Waals surface area contributed by atoms with E-state index in [0.29, 0.717) is 23.9 Å².